The Morgan fingerprint density at radius 3 is 2.90 bits per heavy atom. The zero-order valence-electron chi connectivity index (χ0n) is 11.3. The Morgan fingerprint density at radius 2 is 2.10 bits per heavy atom. The fraction of sp³-hybridized carbons (Fsp3) is 0.188. The van der Waals surface area contributed by atoms with Crippen LogP contribution in [0.5, 0.6) is 0 Å². The first kappa shape index (κ1) is 14.3. The van der Waals surface area contributed by atoms with Gasteiger partial charge in [0.15, 0.2) is 0 Å². The van der Waals surface area contributed by atoms with Gasteiger partial charge in [0, 0.05) is 16.2 Å². The lowest BCUT2D eigenvalue weighted by molar-refractivity contribution is 0.0935. The third-order valence-corrected chi connectivity index (χ3v) is 4.99. The maximum atomic E-state index is 12.4. The van der Waals surface area contributed by atoms with Crippen molar-refractivity contribution in [3.8, 4) is 0 Å². The molecule has 0 bridgehead atoms. The summed E-state index contributed by atoms with van der Waals surface area (Å²) in [5, 5.41) is 3.55. The molecule has 0 radical (unpaired) electrons. The van der Waals surface area contributed by atoms with Crippen molar-refractivity contribution in [2.75, 3.05) is 11.5 Å². The molecule has 0 spiro atoms. The highest BCUT2D eigenvalue weighted by Crippen LogP contribution is 2.36. The van der Waals surface area contributed by atoms with Crippen molar-refractivity contribution in [3.05, 3.63) is 58.6 Å². The minimum absolute atomic E-state index is 0.0480. The third-order valence-electron chi connectivity index (χ3n) is 3.52. The van der Waals surface area contributed by atoms with E-state index >= 15 is 0 Å². The molecule has 1 unspecified atom stereocenters. The van der Waals surface area contributed by atoms with Crippen LogP contribution in [0.3, 0.4) is 0 Å². The normalized spacial score (nSPS) is 17.1. The highest BCUT2D eigenvalue weighted by atomic mass is 35.5. The van der Waals surface area contributed by atoms with Gasteiger partial charge in [0.1, 0.15) is 0 Å². The van der Waals surface area contributed by atoms with Crippen LogP contribution in [0.2, 0.25) is 5.02 Å². The monoisotopic (exact) mass is 318 g/mol. The number of benzene rings is 2. The van der Waals surface area contributed by atoms with Gasteiger partial charge in [-0.25, -0.2) is 0 Å². The van der Waals surface area contributed by atoms with E-state index in [1.54, 1.807) is 18.2 Å². The molecule has 1 heterocycles. The Kier molecular flexibility index (Phi) is 4.08. The standard InChI is InChI=1S/C16H15ClN2OS/c17-12-6-5-10(9-13(12)18)16(20)19-14-7-8-21-15-4-2-1-3-11(14)15/h1-6,9,14H,7-8,18H2,(H,19,20). The second kappa shape index (κ2) is 6.00. The van der Waals surface area contributed by atoms with Gasteiger partial charge < -0.3 is 11.1 Å². The van der Waals surface area contributed by atoms with Crippen molar-refractivity contribution >= 4 is 35.0 Å². The molecule has 0 saturated heterocycles. The predicted molar refractivity (Wildman–Crippen MR) is 87.9 cm³/mol. The summed E-state index contributed by atoms with van der Waals surface area (Å²) >= 11 is 7.72. The number of hydrogen-bond acceptors (Lipinski definition) is 3. The maximum Gasteiger partial charge on any atom is 0.251 e. The summed E-state index contributed by atoms with van der Waals surface area (Å²) in [5.41, 5.74) is 7.89. The highest BCUT2D eigenvalue weighted by Gasteiger charge is 2.22. The lowest BCUT2D eigenvalue weighted by Gasteiger charge is -2.26. The average Bonchev–Trinajstić information content (AvgIpc) is 2.50. The number of carbonyl (C=O) groups excluding carboxylic acids is 1. The van der Waals surface area contributed by atoms with E-state index in [2.05, 4.69) is 17.4 Å². The Labute approximate surface area is 132 Å². The predicted octanol–water partition coefficient (Wildman–Crippen LogP) is 3.89. The summed E-state index contributed by atoms with van der Waals surface area (Å²) in [6, 6.07) is 13.2. The van der Waals surface area contributed by atoms with Crippen molar-refractivity contribution in [2.45, 2.75) is 17.4 Å². The van der Waals surface area contributed by atoms with Crippen molar-refractivity contribution in [1.29, 1.82) is 0 Å². The molecule has 0 saturated carbocycles. The number of carbonyl (C=O) groups is 1. The van der Waals surface area contributed by atoms with E-state index < -0.39 is 0 Å². The van der Waals surface area contributed by atoms with Gasteiger partial charge in [-0.05, 0) is 36.2 Å². The van der Waals surface area contributed by atoms with Crippen LogP contribution in [0.1, 0.15) is 28.4 Å². The Morgan fingerprint density at radius 1 is 1.29 bits per heavy atom. The molecule has 1 atom stereocenters. The van der Waals surface area contributed by atoms with Crippen LogP contribution >= 0.6 is 23.4 Å². The number of thioether (sulfide) groups is 1. The van der Waals surface area contributed by atoms with E-state index in [-0.39, 0.29) is 11.9 Å². The maximum absolute atomic E-state index is 12.4. The molecule has 0 fully saturated rings. The van der Waals surface area contributed by atoms with Crippen LogP contribution in [-0.2, 0) is 0 Å². The van der Waals surface area contributed by atoms with Crippen LogP contribution < -0.4 is 11.1 Å². The van der Waals surface area contributed by atoms with E-state index in [9.17, 15) is 4.79 Å². The zero-order chi connectivity index (χ0) is 14.8. The van der Waals surface area contributed by atoms with E-state index in [0.29, 0.717) is 16.3 Å². The highest BCUT2D eigenvalue weighted by molar-refractivity contribution is 7.99. The number of nitrogen functional groups attached to an aromatic ring is 1. The molecule has 1 aliphatic rings. The molecule has 2 aromatic carbocycles. The lowest BCUT2D eigenvalue weighted by Crippen LogP contribution is -2.30. The number of rotatable bonds is 2. The quantitative estimate of drug-likeness (QED) is 0.826. The minimum atomic E-state index is -0.120. The van der Waals surface area contributed by atoms with Crippen LogP contribution in [0.25, 0.3) is 0 Å². The molecule has 3 N–H and O–H groups in total. The smallest absolute Gasteiger partial charge is 0.251 e. The van der Waals surface area contributed by atoms with Gasteiger partial charge in [-0.15, -0.1) is 11.8 Å². The molecule has 1 aliphatic heterocycles. The van der Waals surface area contributed by atoms with E-state index in [4.69, 9.17) is 17.3 Å². The van der Waals surface area contributed by atoms with Crippen LogP contribution in [0, 0.1) is 0 Å². The molecular weight excluding hydrogens is 304 g/mol. The zero-order valence-corrected chi connectivity index (χ0v) is 12.9. The SMILES string of the molecule is Nc1cc(C(=O)NC2CCSc3ccccc32)ccc1Cl. The second-order valence-corrected chi connectivity index (χ2v) is 6.48. The molecule has 1 amide bonds. The fourth-order valence-corrected chi connectivity index (χ4v) is 3.66. The summed E-state index contributed by atoms with van der Waals surface area (Å²) in [6.07, 6.45) is 0.927. The second-order valence-electron chi connectivity index (χ2n) is 4.94. The molecule has 0 aliphatic carbocycles. The number of anilines is 1. The van der Waals surface area contributed by atoms with Gasteiger partial charge in [0.05, 0.1) is 16.8 Å². The first-order valence-corrected chi connectivity index (χ1v) is 8.09. The summed E-state index contributed by atoms with van der Waals surface area (Å²) in [7, 11) is 0. The van der Waals surface area contributed by atoms with Crippen molar-refractivity contribution in [2.24, 2.45) is 0 Å². The van der Waals surface area contributed by atoms with Gasteiger partial charge in [0.25, 0.3) is 5.91 Å². The van der Waals surface area contributed by atoms with Crippen molar-refractivity contribution in [3.63, 3.8) is 0 Å². The molecule has 3 nitrogen and oxygen atoms in total. The number of hydrogen-bond donors (Lipinski definition) is 2. The minimum Gasteiger partial charge on any atom is -0.398 e. The Balaban J connectivity index is 1.81. The lowest BCUT2D eigenvalue weighted by atomic mass is 10.0. The molecule has 0 aromatic heterocycles. The first-order valence-electron chi connectivity index (χ1n) is 6.73. The molecule has 108 valence electrons. The topological polar surface area (TPSA) is 55.1 Å². The number of fused-ring (bicyclic) bond motifs is 1. The number of amides is 1. The van der Waals surface area contributed by atoms with Gasteiger partial charge in [-0.3, -0.25) is 4.79 Å². The van der Waals surface area contributed by atoms with E-state index in [1.165, 1.54) is 10.5 Å². The summed E-state index contributed by atoms with van der Waals surface area (Å²) < 4.78 is 0. The summed E-state index contributed by atoms with van der Waals surface area (Å²) in [5.74, 6) is 0.884. The average molecular weight is 319 g/mol. The summed E-state index contributed by atoms with van der Waals surface area (Å²) in [4.78, 5) is 13.6. The van der Waals surface area contributed by atoms with Gasteiger partial charge in [-0.2, -0.15) is 0 Å². The third kappa shape index (κ3) is 3.01. The van der Waals surface area contributed by atoms with Crippen LogP contribution in [0.4, 0.5) is 5.69 Å². The first-order chi connectivity index (χ1) is 10.1. The van der Waals surface area contributed by atoms with Crippen molar-refractivity contribution in [1.82, 2.24) is 5.32 Å². The largest absolute Gasteiger partial charge is 0.398 e. The van der Waals surface area contributed by atoms with E-state index in [0.717, 1.165) is 12.2 Å². The van der Waals surface area contributed by atoms with Crippen LogP contribution in [0.15, 0.2) is 47.4 Å². The van der Waals surface area contributed by atoms with Gasteiger partial charge >= 0.3 is 0 Å². The Hall–Kier alpha value is -1.65. The molecular formula is C16H15ClN2OS. The van der Waals surface area contributed by atoms with E-state index in [1.807, 2.05) is 23.9 Å². The van der Waals surface area contributed by atoms with Crippen molar-refractivity contribution < 1.29 is 4.79 Å². The Bertz CT molecular complexity index is 690. The number of nitrogens with one attached hydrogen (secondary N) is 1. The number of nitrogens with two attached hydrogens (primary N) is 1. The molecule has 21 heavy (non-hydrogen) atoms. The summed E-state index contributed by atoms with van der Waals surface area (Å²) in [6.45, 7) is 0. The molecule has 2 aromatic rings. The van der Waals surface area contributed by atoms with Gasteiger partial charge in [-0.1, -0.05) is 29.8 Å². The number of halogens is 1. The fourth-order valence-electron chi connectivity index (χ4n) is 2.42. The molecule has 3 rings (SSSR count). The van der Waals surface area contributed by atoms with Gasteiger partial charge in [0.2, 0.25) is 0 Å². The molecule has 5 heteroatoms. The van der Waals surface area contributed by atoms with Crippen LogP contribution in [-0.4, -0.2) is 11.7 Å².